The summed E-state index contributed by atoms with van der Waals surface area (Å²) in [7, 11) is 1.76. The van der Waals surface area contributed by atoms with Crippen LogP contribution in [-0.4, -0.2) is 41.5 Å². The maximum Gasteiger partial charge on any atom is 0.0965 e. The highest BCUT2D eigenvalue weighted by Gasteiger charge is 2.44. The van der Waals surface area contributed by atoms with Crippen molar-refractivity contribution in [3.63, 3.8) is 0 Å². The molecule has 0 saturated carbocycles. The Morgan fingerprint density at radius 3 is 2.00 bits per heavy atom. The molecule has 0 amide bonds. The molecule has 0 atom stereocenters. The lowest BCUT2D eigenvalue weighted by atomic mass is 9.74. The number of likely N-dealkylation sites (tertiary alicyclic amines) is 1. The first-order chi connectivity index (χ1) is 6.83. The van der Waals surface area contributed by atoms with Crippen LogP contribution in [0.1, 0.15) is 40.5 Å². The van der Waals surface area contributed by atoms with Gasteiger partial charge in [0.25, 0.3) is 0 Å². The molecule has 1 heterocycles. The zero-order valence-electron chi connectivity index (χ0n) is 10.7. The molecule has 1 aliphatic rings. The minimum Gasteiger partial charge on any atom is -0.384 e. The van der Waals surface area contributed by atoms with E-state index in [1.165, 1.54) is 0 Å². The van der Waals surface area contributed by atoms with E-state index in [1.54, 1.807) is 7.11 Å². The van der Waals surface area contributed by atoms with Crippen LogP contribution in [0, 0.1) is 5.92 Å². The first-order valence-corrected chi connectivity index (χ1v) is 5.71. The first-order valence-electron chi connectivity index (χ1n) is 5.71. The standard InChI is InChI=1S/C12H25NO2/c1-11(2)6-10(8-15-5)7-12(3,4)13(11)9-14/h10,14H,6-9H2,1-5H3. The van der Waals surface area contributed by atoms with Gasteiger partial charge in [-0.15, -0.1) is 0 Å². The number of methoxy groups -OCH3 is 1. The van der Waals surface area contributed by atoms with Crippen LogP contribution in [0.4, 0.5) is 0 Å². The molecule has 0 unspecified atom stereocenters. The topological polar surface area (TPSA) is 32.7 Å². The van der Waals surface area contributed by atoms with Gasteiger partial charge in [0.1, 0.15) is 0 Å². The quantitative estimate of drug-likeness (QED) is 0.780. The number of aliphatic hydroxyl groups is 1. The summed E-state index contributed by atoms with van der Waals surface area (Å²) >= 11 is 0. The van der Waals surface area contributed by atoms with Gasteiger partial charge in [-0.1, -0.05) is 0 Å². The molecule has 1 N–H and O–H groups in total. The molecule has 3 nitrogen and oxygen atoms in total. The Morgan fingerprint density at radius 1 is 1.20 bits per heavy atom. The molecule has 1 saturated heterocycles. The fourth-order valence-corrected chi connectivity index (χ4v) is 3.26. The second kappa shape index (κ2) is 4.40. The van der Waals surface area contributed by atoms with Crippen LogP contribution >= 0.6 is 0 Å². The highest BCUT2D eigenvalue weighted by atomic mass is 16.5. The van der Waals surface area contributed by atoms with Gasteiger partial charge >= 0.3 is 0 Å². The summed E-state index contributed by atoms with van der Waals surface area (Å²) in [5, 5.41) is 9.47. The highest BCUT2D eigenvalue weighted by molar-refractivity contribution is 4.98. The van der Waals surface area contributed by atoms with Crippen LogP contribution in [0.15, 0.2) is 0 Å². The van der Waals surface area contributed by atoms with Crippen molar-refractivity contribution in [3.8, 4) is 0 Å². The second-order valence-electron chi connectivity index (χ2n) is 5.92. The third-order valence-electron chi connectivity index (χ3n) is 3.58. The van der Waals surface area contributed by atoms with Crippen molar-refractivity contribution in [3.05, 3.63) is 0 Å². The third kappa shape index (κ3) is 2.71. The van der Waals surface area contributed by atoms with E-state index < -0.39 is 0 Å². The molecule has 0 spiro atoms. The lowest BCUT2D eigenvalue weighted by Crippen LogP contribution is -2.61. The number of hydrogen-bond acceptors (Lipinski definition) is 3. The molecule has 0 aliphatic carbocycles. The molecule has 1 rings (SSSR count). The van der Waals surface area contributed by atoms with E-state index in [1.807, 2.05) is 0 Å². The van der Waals surface area contributed by atoms with Gasteiger partial charge in [0.15, 0.2) is 0 Å². The van der Waals surface area contributed by atoms with Gasteiger partial charge in [-0.3, -0.25) is 4.90 Å². The van der Waals surface area contributed by atoms with Crippen molar-refractivity contribution in [2.75, 3.05) is 20.4 Å². The lowest BCUT2D eigenvalue weighted by molar-refractivity contribution is -0.106. The third-order valence-corrected chi connectivity index (χ3v) is 3.58. The van der Waals surface area contributed by atoms with Gasteiger partial charge in [-0.25, -0.2) is 0 Å². The monoisotopic (exact) mass is 215 g/mol. The summed E-state index contributed by atoms with van der Waals surface area (Å²) < 4.78 is 5.26. The molecule has 15 heavy (non-hydrogen) atoms. The smallest absolute Gasteiger partial charge is 0.0965 e. The van der Waals surface area contributed by atoms with Crippen LogP contribution in [-0.2, 0) is 4.74 Å². The molecule has 1 aliphatic heterocycles. The Balaban J connectivity index is 2.81. The molecule has 0 bridgehead atoms. The fourth-order valence-electron chi connectivity index (χ4n) is 3.26. The molecular formula is C12H25NO2. The van der Waals surface area contributed by atoms with Crippen molar-refractivity contribution in [1.29, 1.82) is 0 Å². The zero-order valence-corrected chi connectivity index (χ0v) is 10.7. The summed E-state index contributed by atoms with van der Waals surface area (Å²) in [4.78, 5) is 2.19. The minimum atomic E-state index is 0.0553. The van der Waals surface area contributed by atoms with E-state index in [4.69, 9.17) is 4.74 Å². The predicted octanol–water partition coefficient (Wildman–Crippen LogP) is 1.85. The van der Waals surface area contributed by atoms with Crippen LogP contribution in [0.5, 0.6) is 0 Å². The maximum atomic E-state index is 9.47. The van der Waals surface area contributed by atoms with Crippen LogP contribution in [0.3, 0.4) is 0 Å². The first kappa shape index (κ1) is 12.9. The lowest BCUT2D eigenvalue weighted by Gasteiger charge is -2.54. The summed E-state index contributed by atoms with van der Waals surface area (Å²) in [6, 6.07) is 0. The van der Waals surface area contributed by atoms with E-state index in [9.17, 15) is 5.11 Å². The molecule has 1 fully saturated rings. The Hall–Kier alpha value is -0.120. The minimum absolute atomic E-state index is 0.0553. The second-order valence-corrected chi connectivity index (χ2v) is 5.92. The van der Waals surface area contributed by atoms with E-state index in [-0.39, 0.29) is 17.8 Å². The summed E-state index contributed by atoms with van der Waals surface area (Å²) in [5.41, 5.74) is 0.111. The van der Waals surface area contributed by atoms with Crippen molar-refractivity contribution in [2.24, 2.45) is 5.92 Å². The van der Waals surface area contributed by atoms with Gasteiger partial charge in [0.05, 0.1) is 6.73 Å². The van der Waals surface area contributed by atoms with Crippen molar-refractivity contribution in [2.45, 2.75) is 51.6 Å². The molecule has 3 heteroatoms. The Kier molecular flexibility index (Phi) is 3.80. The van der Waals surface area contributed by atoms with Crippen LogP contribution in [0.25, 0.3) is 0 Å². The van der Waals surface area contributed by atoms with Crippen molar-refractivity contribution < 1.29 is 9.84 Å². The molecule has 0 aromatic carbocycles. The van der Waals surface area contributed by atoms with Gasteiger partial charge in [0.2, 0.25) is 0 Å². The predicted molar refractivity (Wildman–Crippen MR) is 61.7 cm³/mol. The summed E-state index contributed by atoms with van der Waals surface area (Å²) in [6.07, 6.45) is 2.18. The highest BCUT2D eigenvalue weighted by Crippen LogP contribution is 2.40. The van der Waals surface area contributed by atoms with Crippen molar-refractivity contribution in [1.82, 2.24) is 4.90 Å². The number of nitrogens with zero attached hydrogens (tertiary/aromatic N) is 1. The summed E-state index contributed by atoms with van der Waals surface area (Å²) in [5.74, 6) is 0.600. The van der Waals surface area contributed by atoms with E-state index in [2.05, 4.69) is 32.6 Å². The van der Waals surface area contributed by atoms with Crippen molar-refractivity contribution >= 4 is 0 Å². The molecule has 0 radical (unpaired) electrons. The van der Waals surface area contributed by atoms with E-state index in [0.717, 1.165) is 19.4 Å². The maximum absolute atomic E-state index is 9.47. The molecule has 0 aromatic heterocycles. The van der Waals surface area contributed by atoms with Gasteiger partial charge in [0, 0.05) is 24.8 Å². The SMILES string of the molecule is COCC1CC(C)(C)N(CO)C(C)(C)C1. The van der Waals surface area contributed by atoms with Gasteiger partial charge in [-0.2, -0.15) is 0 Å². The largest absolute Gasteiger partial charge is 0.384 e. The number of hydrogen-bond donors (Lipinski definition) is 1. The molecule has 0 aromatic rings. The Bertz CT molecular complexity index is 196. The van der Waals surface area contributed by atoms with Crippen LogP contribution in [0.2, 0.25) is 0 Å². The Morgan fingerprint density at radius 2 is 1.67 bits per heavy atom. The Labute approximate surface area is 93.4 Å². The number of ether oxygens (including phenoxy) is 1. The van der Waals surface area contributed by atoms with Gasteiger partial charge in [-0.05, 0) is 46.5 Å². The number of piperidine rings is 1. The van der Waals surface area contributed by atoms with E-state index >= 15 is 0 Å². The average Bonchev–Trinajstić information content (AvgIpc) is 2.00. The molecular weight excluding hydrogens is 190 g/mol. The van der Waals surface area contributed by atoms with E-state index in [0.29, 0.717) is 5.92 Å². The van der Waals surface area contributed by atoms with Gasteiger partial charge < -0.3 is 9.84 Å². The average molecular weight is 215 g/mol. The zero-order chi connectivity index (χ0) is 11.7. The fraction of sp³-hybridized carbons (Fsp3) is 1.00. The number of aliphatic hydroxyl groups excluding tert-OH is 1. The number of rotatable bonds is 3. The summed E-state index contributed by atoms with van der Waals surface area (Å²) in [6.45, 7) is 9.77. The van der Waals surface area contributed by atoms with Crippen LogP contribution < -0.4 is 0 Å². The normalized spacial score (nSPS) is 26.8. The molecule has 90 valence electrons.